The third kappa shape index (κ3) is 283. The minimum atomic E-state index is -1.08. The Morgan fingerprint density at radius 2 is 1.86 bits per heavy atom. The first-order chi connectivity index (χ1) is 3.15. The maximum atomic E-state index is 8.89. The van der Waals surface area contributed by atoms with E-state index in [4.69, 9.17) is 9.90 Å². The Labute approximate surface area is 67.6 Å². The van der Waals surface area contributed by atoms with Crippen LogP contribution in [0.2, 0.25) is 2.52 Å². The Morgan fingerprint density at radius 3 is 1.86 bits per heavy atom. The summed E-state index contributed by atoms with van der Waals surface area (Å²) in [5, 5.41) is 8.89. The van der Waals surface area contributed by atoms with Crippen LogP contribution in [0.5, 0.6) is 0 Å². The Bertz CT molecular complexity index is 41.0. The van der Waals surface area contributed by atoms with Crippen LogP contribution in [0, 0.1) is 0 Å². The summed E-state index contributed by atoms with van der Waals surface area (Å²) in [6.45, 7) is 3.15. The molecule has 7 heavy (non-hydrogen) atoms. The van der Waals surface area contributed by atoms with Gasteiger partial charge in [0.2, 0.25) is 0 Å². The molecule has 0 rings (SSSR count). The molecular weight excluding hydrogens is 120 g/mol. The Balaban J connectivity index is 0. The molecule has 0 atom stereocenters. The van der Waals surface area contributed by atoms with Crippen molar-refractivity contribution in [1.29, 1.82) is 0 Å². The summed E-state index contributed by atoms with van der Waals surface area (Å²) < 4.78 is 1.38. The number of rotatable bonds is 0. The van der Waals surface area contributed by atoms with E-state index in [0.717, 1.165) is 6.92 Å². The first kappa shape index (κ1) is 10.7. The molecule has 0 aliphatic carbocycles. The van der Waals surface area contributed by atoms with Crippen molar-refractivity contribution in [2.24, 2.45) is 0 Å². The van der Waals surface area contributed by atoms with Gasteiger partial charge in [-0.2, -0.15) is 0 Å². The molecule has 0 amide bonds. The molecule has 0 saturated heterocycles. The second kappa shape index (κ2) is 9.88. The van der Waals surface area contributed by atoms with E-state index < -0.39 is 5.97 Å². The standard InChI is InChI=1S/C2H4O2.C2H5.Ca/c1-2(3)4;1-2;/h1H3,(H,3,4);1H2,2H3;/q;;+1/p-1. The van der Waals surface area contributed by atoms with Crippen LogP contribution in [-0.2, 0) is 4.79 Å². The SMILES string of the molecule is CC(=O)[O-].C[CH2][Ca+]. The number of carbonyl (C=O) groups is 1. The van der Waals surface area contributed by atoms with Gasteiger partial charge in [-0.25, -0.2) is 0 Å². The van der Waals surface area contributed by atoms with Gasteiger partial charge in [-0.1, -0.05) is 0 Å². The zero-order valence-electron chi connectivity index (χ0n) is 4.73. The molecule has 0 spiro atoms. The van der Waals surface area contributed by atoms with E-state index in [1.807, 2.05) is 0 Å². The van der Waals surface area contributed by atoms with Crippen molar-refractivity contribution < 1.29 is 9.90 Å². The maximum absolute atomic E-state index is 8.89. The van der Waals surface area contributed by atoms with Gasteiger partial charge < -0.3 is 9.90 Å². The van der Waals surface area contributed by atoms with Crippen molar-refractivity contribution in [3.05, 3.63) is 0 Å². The van der Waals surface area contributed by atoms with E-state index in [1.165, 1.54) is 38.3 Å². The molecule has 0 aliphatic heterocycles. The van der Waals surface area contributed by atoms with Gasteiger partial charge in [-0.05, 0) is 6.92 Å². The fourth-order valence-electron chi connectivity index (χ4n) is 0. The van der Waals surface area contributed by atoms with Gasteiger partial charge in [0, 0.05) is 5.97 Å². The molecule has 0 aromatic carbocycles. The number of hydrogen-bond acceptors (Lipinski definition) is 2. The molecular formula is C4H8CaO2. The molecule has 0 aromatic rings. The van der Waals surface area contributed by atoms with Gasteiger partial charge in [-0.15, -0.1) is 0 Å². The second-order valence-corrected chi connectivity index (χ2v) is 2.55. The fraction of sp³-hybridized carbons (Fsp3) is 0.750. The number of carboxylic acids is 1. The van der Waals surface area contributed by atoms with E-state index in [0.29, 0.717) is 0 Å². The van der Waals surface area contributed by atoms with Gasteiger partial charge in [0.15, 0.2) is 0 Å². The van der Waals surface area contributed by atoms with E-state index in [2.05, 4.69) is 6.92 Å². The molecule has 0 bridgehead atoms. The van der Waals surface area contributed by atoms with E-state index in [-0.39, 0.29) is 0 Å². The molecule has 0 fully saturated rings. The summed E-state index contributed by atoms with van der Waals surface area (Å²) in [6.07, 6.45) is 0. The Morgan fingerprint density at radius 1 is 1.86 bits per heavy atom. The molecule has 0 aliphatic rings. The number of aliphatic carboxylic acids is 1. The number of carboxylic acid groups (broad SMARTS) is 1. The summed E-state index contributed by atoms with van der Waals surface area (Å²) >= 11 is 1.44. The van der Waals surface area contributed by atoms with Crippen molar-refractivity contribution >= 4 is 41.8 Å². The summed E-state index contributed by atoms with van der Waals surface area (Å²) in [5.74, 6) is -1.08. The van der Waals surface area contributed by atoms with Crippen LogP contribution in [0.25, 0.3) is 0 Å². The monoisotopic (exact) mass is 128 g/mol. The first-order valence-electron chi connectivity index (χ1n) is 2.12. The van der Waals surface area contributed by atoms with Crippen LogP contribution in [0.15, 0.2) is 0 Å². The quantitative estimate of drug-likeness (QED) is 0.407. The molecule has 0 radical (unpaired) electrons. The summed E-state index contributed by atoms with van der Waals surface area (Å²) in [5.41, 5.74) is 0. The van der Waals surface area contributed by atoms with Crippen molar-refractivity contribution in [2.75, 3.05) is 0 Å². The van der Waals surface area contributed by atoms with Gasteiger partial charge >= 0.3 is 45.2 Å². The van der Waals surface area contributed by atoms with Crippen molar-refractivity contribution in [2.45, 2.75) is 16.4 Å². The molecule has 0 aromatic heterocycles. The van der Waals surface area contributed by atoms with Gasteiger partial charge in [0.25, 0.3) is 0 Å². The zero-order chi connectivity index (χ0) is 6.28. The van der Waals surface area contributed by atoms with E-state index in [9.17, 15) is 0 Å². The van der Waals surface area contributed by atoms with E-state index >= 15 is 0 Å². The van der Waals surface area contributed by atoms with Crippen LogP contribution >= 0.6 is 0 Å². The number of carbonyl (C=O) groups excluding carboxylic acids is 1. The Hall–Kier alpha value is 0.730. The predicted molar refractivity (Wildman–Crippen MR) is 26.9 cm³/mol. The van der Waals surface area contributed by atoms with E-state index in [1.54, 1.807) is 0 Å². The second-order valence-electron chi connectivity index (χ2n) is 0.992. The Kier molecular flexibility index (Phi) is 15.0. The molecule has 0 saturated carbocycles. The summed E-state index contributed by atoms with van der Waals surface area (Å²) in [6, 6.07) is 0. The summed E-state index contributed by atoms with van der Waals surface area (Å²) in [7, 11) is 0. The molecule has 38 valence electrons. The molecule has 0 unspecified atom stereocenters. The average molecular weight is 128 g/mol. The molecule has 0 N–H and O–H groups in total. The molecule has 0 heterocycles. The van der Waals surface area contributed by atoms with Crippen molar-refractivity contribution in [3.8, 4) is 0 Å². The third-order valence-electron chi connectivity index (χ3n) is 0. The normalized spacial score (nSPS) is 6.29. The van der Waals surface area contributed by atoms with Crippen LogP contribution in [0.4, 0.5) is 0 Å². The van der Waals surface area contributed by atoms with Crippen LogP contribution < -0.4 is 5.11 Å². The van der Waals surface area contributed by atoms with Crippen LogP contribution in [0.3, 0.4) is 0 Å². The van der Waals surface area contributed by atoms with Gasteiger partial charge in [0.1, 0.15) is 0 Å². The third-order valence-corrected chi connectivity index (χ3v) is 0. The number of hydrogen-bond donors (Lipinski definition) is 0. The first-order valence-corrected chi connectivity index (χ1v) is 3.68. The topological polar surface area (TPSA) is 40.1 Å². The molecule has 3 heteroatoms. The minimum absolute atomic E-state index is 0.972. The van der Waals surface area contributed by atoms with Crippen LogP contribution in [-0.4, -0.2) is 41.8 Å². The van der Waals surface area contributed by atoms with Gasteiger partial charge in [0.05, 0.1) is 0 Å². The fourth-order valence-corrected chi connectivity index (χ4v) is 0. The van der Waals surface area contributed by atoms with Gasteiger partial charge in [-0.3, -0.25) is 0 Å². The van der Waals surface area contributed by atoms with Crippen LogP contribution in [0.1, 0.15) is 13.8 Å². The predicted octanol–water partition coefficient (Wildman–Crippen LogP) is -0.651. The van der Waals surface area contributed by atoms with Crippen molar-refractivity contribution in [3.63, 3.8) is 0 Å². The molecule has 2 nitrogen and oxygen atoms in total. The average Bonchev–Trinajstić information content (AvgIpc) is 1.33. The van der Waals surface area contributed by atoms with Crippen molar-refractivity contribution in [1.82, 2.24) is 0 Å². The zero-order valence-corrected chi connectivity index (χ0v) is 6.94. The summed E-state index contributed by atoms with van der Waals surface area (Å²) in [4.78, 5) is 8.89.